The van der Waals surface area contributed by atoms with Crippen LogP contribution in [0.1, 0.15) is 28.2 Å². The molecule has 0 unspecified atom stereocenters. The van der Waals surface area contributed by atoms with Crippen molar-refractivity contribution in [2.75, 3.05) is 0 Å². The predicted octanol–water partition coefficient (Wildman–Crippen LogP) is 4.54. The molecule has 0 fully saturated rings. The largest absolute Gasteiger partial charge is 0.507 e. The standard InChI is InChI=1S/C16H16O2/c1-11-4-6-15(7-5-11)16(17)10-14-8-12(2)18-13(3)9-14/h4-10H,1-3H3/p+1/b16-10-. The van der Waals surface area contributed by atoms with Crippen LogP contribution in [0.2, 0.25) is 0 Å². The molecule has 0 radical (unpaired) electrons. The molecule has 92 valence electrons. The lowest BCUT2D eigenvalue weighted by molar-refractivity contribution is 0.485. The topological polar surface area (TPSA) is 31.5 Å². The van der Waals surface area contributed by atoms with Gasteiger partial charge in [0.15, 0.2) is 0 Å². The van der Waals surface area contributed by atoms with Crippen molar-refractivity contribution in [3.63, 3.8) is 0 Å². The second-order valence-corrected chi connectivity index (χ2v) is 4.51. The zero-order valence-electron chi connectivity index (χ0n) is 10.9. The molecule has 18 heavy (non-hydrogen) atoms. The number of benzene rings is 1. The molecule has 0 atom stereocenters. The van der Waals surface area contributed by atoms with Gasteiger partial charge in [-0.25, -0.2) is 4.42 Å². The average molecular weight is 241 g/mol. The molecule has 0 aliphatic carbocycles. The Morgan fingerprint density at radius 2 is 1.56 bits per heavy atom. The van der Waals surface area contributed by atoms with Crippen molar-refractivity contribution < 1.29 is 9.52 Å². The van der Waals surface area contributed by atoms with Gasteiger partial charge >= 0.3 is 11.5 Å². The van der Waals surface area contributed by atoms with Crippen LogP contribution in [-0.2, 0) is 0 Å². The lowest BCUT2D eigenvalue weighted by Crippen LogP contribution is -1.85. The Morgan fingerprint density at radius 3 is 2.11 bits per heavy atom. The molecule has 2 nitrogen and oxygen atoms in total. The van der Waals surface area contributed by atoms with Gasteiger partial charge in [-0.15, -0.1) is 0 Å². The molecule has 0 aliphatic rings. The van der Waals surface area contributed by atoms with E-state index in [0.29, 0.717) is 0 Å². The van der Waals surface area contributed by atoms with E-state index in [2.05, 4.69) is 0 Å². The first-order valence-electron chi connectivity index (χ1n) is 5.94. The number of hydrogen-bond donors (Lipinski definition) is 1. The van der Waals surface area contributed by atoms with Crippen LogP contribution in [0, 0.1) is 20.8 Å². The Morgan fingerprint density at radius 1 is 1.00 bits per heavy atom. The fourth-order valence-corrected chi connectivity index (χ4v) is 1.87. The van der Waals surface area contributed by atoms with E-state index in [9.17, 15) is 5.11 Å². The van der Waals surface area contributed by atoms with Gasteiger partial charge in [-0.2, -0.15) is 0 Å². The highest BCUT2D eigenvalue weighted by molar-refractivity contribution is 5.76. The summed E-state index contributed by atoms with van der Waals surface area (Å²) in [5.74, 6) is 1.93. The second-order valence-electron chi connectivity index (χ2n) is 4.51. The Labute approximate surface area is 107 Å². The molecule has 2 rings (SSSR count). The Kier molecular flexibility index (Phi) is 3.47. The van der Waals surface area contributed by atoms with Crippen molar-refractivity contribution in [1.82, 2.24) is 0 Å². The number of hydrogen-bond acceptors (Lipinski definition) is 1. The van der Waals surface area contributed by atoms with Crippen LogP contribution >= 0.6 is 0 Å². The molecule has 2 heteroatoms. The Hall–Kier alpha value is -2.09. The van der Waals surface area contributed by atoms with Gasteiger partial charge < -0.3 is 5.11 Å². The Bertz CT molecular complexity index is 560. The minimum absolute atomic E-state index is 0.264. The van der Waals surface area contributed by atoms with E-state index >= 15 is 0 Å². The monoisotopic (exact) mass is 241 g/mol. The number of aliphatic hydroxyl groups is 1. The van der Waals surface area contributed by atoms with Gasteiger partial charge in [0.1, 0.15) is 5.76 Å². The molecule has 0 saturated heterocycles. The van der Waals surface area contributed by atoms with Gasteiger partial charge in [0.05, 0.1) is 13.8 Å². The zero-order valence-corrected chi connectivity index (χ0v) is 10.9. The molecular formula is C16H17O2+. The highest BCUT2D eigenvalue weighted by Crippen LogP contribution is 2.18. The van der Waals surface area contributed by atoms with Gasteiger partial charge in [-0.1, -0.05) is 29.8 Å². The van der Waals surface area contributed by atoms with Gasteiger partial charge in [0.25, 0.3) is 0 Å². The van der Waals surface area contributed by atoms with Gasteiger partial charge in [0, 0.05) is 17.7 Å². The van der Waals surface area contributed by atoms with Crippen molar-refractivity contribution in [2.45, 2.75) is 20.8 Å². The lowest BCUT2D eigenvalue weighted by Gasteiger charge is -2.01. The fraction of sp³-hybridized carbons (Fsp3) is 0.188. The molecule has 0 saturated carbocycles. The van der Waals surface area contributed by atoms with Crippen LogP contribution in [0.3, 0.4) is 0 Å². The maximum Gasteiger partial charge on any atom is 0.327 e. The summed E-state index contributed by atoms with van der Waals surface area (Å²) < 4.78 is 5.41. The summed E-state index contributed by atoms with van der Waals surface area (Å²) >= 11 is 0. The van der Waals surface area contributed by atoms with Crippen LogP contribution < -0.4 is 0 Å². The normalized spacial score (nSPS) is 11.6. The van der Waals surface area contributed by atoms with Crippen molar-refractivity contribution in [3.8, 4) is 0 Å². The molecule has 2 aromatic rings. The third kappa shape index (κ3) is 2.98. The molecule has 1 heterocycles. The third-order valence-corrected chi connectivity index (χ3v) is 2.71. The molecule has 1 aromatic heterocycles. The van der Waals surface area contributed by atoms with E-state index in [1.807, 2.05) is 57.2 Å². The first-order valence-corrected chi connectivity index (χ1v) is 5.94. The summed E-state index contributed by atoms with van der Waals surface area (Å²) in [5, 5.41) is 10.1. The smallest absolute Gasteiger partial charge is 0.327 e. The SMILES string of the molecule is Cc1ccc(/C(O)=C/c2cc(C)[o+]c(C)c2)cc1. The summed E-state index contributed by atoms with van der Waals surface area (Å²) in [6.07, 6.45) is 1.75. The second kappa shape index (κ2) is 5.05. The Balaban J connectivity index is 2.35. The third-order valence-electron chi connectivity index (χ3n) is 2.71. The van der Waals surface area contributed by atoms with Crippen molar-refractivity contribution in [3.05, 3.63) is 64.6 Å². The molecule has 0 amide bonds. The van der Waals surface area contributed by atoms with E-state index in [-0.39, 0.29) is 5.76 Å². The van der Waals surface area contributed by atoms with E-state index in [4.69, 9.17) is 4.42 Å². The number of aryl methyl sites for hydroxylation is 3. The van der Waals surface area contributed by atoms with Crippen molar-refractivity contribution >= 4 is 11.8 Å². The first-order chi connectivity index (χ1) is 8.54. The average Bonchev–Trinajstić information content (AvgIpc) is 2.28. The van der Waals surface area contributed by atoms with Crippen molar-refractivity contribution in [2.24, 2.45) is 0 Å². The molecule has 0 aliphatic heterocycles. The van der Waals surface area contributed by atoms with Gasteiger partial charge in [-0.3, -0.25) is 0 Å². The summed E-state index contributed by atoms with van der Waals surface area (Å²) in [4.78, 5) is 0. The molecule has 0 bridgehead atoms. The summed E-state index contributed by atoms with van der Waals surface area (Å²) in [6, 6.07) is 11.6. The fourth-order valence-electron chi connectivity index (χ4n) is 1.87. The van der Waals surface area contributed by atoms with Crippen LogP contribution in [0.4, 0.5) is 0 Å². The molecular weight excluding hydrogens is 224 g/mol. The lowest BCUT2D eigenvalue weighted by atomic mass is 10.1. The van der Waals surface area contributed by atoms with E-state index in [1.54, 1.807) is 6.08 Å². The molecule has 0 spiro atoms. The van der Waals surface area contributed by atoms with Crippen LogP contribution in [0.25, 0.3) is 11.8 Å². The highest BCUT2D eigenvalue weighted by Gasteiger charge is 2.07. The highest BCUT2D eigenvalue weighted by atomic mass is 16.3. The minimum Gasteiger partial charge on any atom is -0.507 e. The quantitative estimate of drug-likeness (QED) is 0.618. The maximum atomic E-state index is 10.1. The summed E-state index contributed by atoms with van der Waals surface area (Å²) in [7, 11) is 0. The van der Waals surface area contributed by atoms with E-state index in [0.717, 1.165) is 22.6 Å². The summed E-state index contributed by atoms with van der Waals surface area (Å²) in [6.45, 7) is 5.82. The summed E-state index contributed by atoms with van der Waals surface area (Å²) in [5.41, 5.74) is 2.93. The first kappa shape index (κ1) is 12.4. The zero-order chi connectivity index (χ0) is 13.1. The van der Waals surface area contributed by atoms with E-state index < -0.39 is 0 Å². The minimum atomic E-state index is 0.264. The predicted molar refractivity (Wildman–Crippen MR) is 74.3 cm³/mol. The van der Waals surface area contributed by atoms with Gasteiger partial charge in [0.2, 0.25) is 0 Å². The van der Waals surface area contributed by atoms with Gasteiger partial charge in [-0.05, 0) is 18.6 Å². The number of rotatable bonds is 2. The van der Waals surface area contributed by atoms with Crippen LogP contribution in [0.5, 0.6) is 0 Å². The number of aliphatic hydroxyl groups excluding tert-OH is 1. The van der Waals surface area contributed by atoms with E-state index in [1.165, 1.54) is 5.56 Å². The van der Waals surface area contributed by atoms with Crippen LogP contribution in [0.15, 0.2) is 40.8 Å². The molecule has 1 aromatic carbocycles. The maximum absolute atomic E-state index is 10.1. The van der Waals surface area contributed by atoms with Crippen LogP contribution in [-0.4, -0.2) is 5.11 Å². The molecule has 1 N–H and O–H groups in total. The van der Waals surface area contributed by atoms with Crippen molar-refractivity contribution in [1.29, 1.82) is 0 Å².